The first-order valence-electron chi connectivity index (χ1n) is 5.86. The maximum Gasteiger partial charge on any atom is 0.328 e. The number of hydrogen-bond acceptors (Lipinski definition) is 4. The highest BCUT2D eigenvalue weighted by molar-refractivity contribution is 7.90. The van der Waals surface area contributed by atoms with Crippen molar-refractivity contribution < 1.29 is 18.3 Å². The molecule has 0 aliphatic rings. The number of rotatable bonds is 5. The molecule has 19 heavy (non-hydrogen) atoms. The highest BCUT2D eigenvalue weighted by atomic mass is 32.2. The lowest BCUT2D eigenvalue weighted by Gasteiger charge is -2.07. The summed E-state index contributed by atoms with van der Waals surface area (Å²) in [7, 11) is -2.76. The molecule has 2 amide bonds. The fraction of sp³-hybridized carbons (Fsp3) is 0.417. The summed E-state index contributed by atoms with van der Waals surface area (Å²) in [4.78, 5) is 11.4. The van der Waals surface area contributed by atoms with Crippen LogP contribution in [-0.4, -0.2) is 33.2 Å². The van der Waals surface area contributed by atoms with Gasteiger partial charge >= 0.3 is 6.03 Å². The van der Waals surface area contributed by atoms with Gasteiger partial charge in [0, 0.05) is 13.7 Å². The molecule has 0 fully saturated rings. The van der Waals surface area contributed by atoms with E-state index >= 15 is 0 Å². The molecule has 0 radical (unpaired) electrons. The van der Waals surface area contributed by atoms with Crippen molar-refractivity contribution in [2.24, 2.45) is 0 Å². The van der Waals surface area contributed by atoms with Crippen LogP contribution in [0, 0.1) is 0 Å². The van der Waals surface area contributed by atoms with Crippen molar-refractivity contribution in [2.45, 2.75) is 24.7 Å². The molecule has 1 aromatic carbocycles. The number of benzene rings is 1. The standard InChI is InChI=1S/C11H16N2O3S.CH4O/c1-2-3-9-12-11(14)13-17(15,16)10-7-5-4-6-8-10;1-2/h4-8H,2-3,9H2,1H3,(H2,12,13,14);2H,1H3. The molecule has 3 N–H and O–H groups in total. The second-order valence-electron chi connectivity index (χ2n) is 3.53. The fourth-order valence-electron chi connectivity index (χ4n) is 1.20. The van der Waals surface area contributed by atoms with Crippen LogP contribution in [0.25, 0.3) is 0 Å². The molecule has 0 saturated carbocycles. The second kappa shape index (κ2) is 9.35. The van der Waals surface area contributed by atoms with E-state index in [9.17, 15) is 13.2 Å². The Kier molecular flexibility index (Phi) is 8.56. The predicted octanol–water partition coefficient (Wildman–Crippen LogP) is 1.08. The molecule has 0 aliphatic carbocycles. The summed E-state index contributed by atoms with van der Waals surface area (Å²) in [5, 5.41) is 9.48. The van der Waals surface area contributed by atoms with E-state index < -0.39 is 16.1 Å². The Morgan fingerprint density at radius 2 is 1.79 bits per heavy atom. The third-order valence-electron chi connectivity index (χ3n) is 2.10. The molecule has 0 aliphatic heterocycles. The number of aliphatic hydroxyl groups is 1. The number of carbonyl (C=O) groups excluding carboxylic acids is 1. The lowest BCUT2D eigenvalue weighted by molar-refractivity contribution is 0.245. The zero-order valence-electron chi connectivity index (χ0n) is 11.1. The van der Waals surface area contributed by atoms with Gasteiger partial charge in [-0.25, -0.2) is 17.9 Å². The van der Waals surface area contributed by atoms with E-state index in [-0.39, 0.29) is 4.90 Å². The quantitative estimate of drug-likeness (QED) is 0.707. The van der Waals surface area contributed by atoms with Crippen molar-refractivity contribution in [1.82, 2.24) is 10.0 Å². The summed E-state index contributed by atoms with van der Waals surface area (Å²) in [5.74, 6) is 0. The van der Waals surface area contributed by atoms with Gasteiger partial charge in [-0.15, -0.1) is 0 Å². The van der Waals surface area contributed by atoms with E-state index in [2.05, 4.69) is 5.32 Å². The zero-order valence-corrected chi connectivity index (χ0v) is 11.9. The van der Waals surface area contributed by atoms with Gasteiger partial charge in [-0.05, 0) is 18.6 Å². The number of carbonyl (C=O) groups is 1. The first-order chi connectivity index (χ1) is 9.06. The molecule has 1 aromatic rings. The van der Waals surface area contributed by atoms with Gasteiger partial charge in [0.25, 0.3) is 10.0 Å². The van der Waals surface area contributed by atoms with Gasteiger partial charge in [0.2, 0.25) is 0 Å². The number of nitrogens with one attached hydrogen (secondary N) is 2. The SMILES string of the molecule is CCCCNC(=O)NS(=O)(=O)c1ccccc1.CO. The van der Waals surface area contributed by atoms with Crippen LogP contribution in [0.2, 0.25) is 0 Å². The molecule has 6 nitrogen and oxygen atoms in total. The number of hydrogen-bond donors (Lipinski definition) is 3. The van der Waals surface area contributed by atoms with Crippen LogP contribution in [-0.2, 0) is 10.0 Å². The van der Waals surface area contributed by atoms with Crippen LogP contribution in [0.1, 0.15) is 19.8 Å². The number of unbranched alkanes of at least 4 members (excludes halogenated alkanes) is 1. The van der Waals surface area contributed by atoms with Crippen molar-refractivity contribution in [3.8, 4) is 0 Å². The average molecular weight is 288 g/mol. The second-order valence-corrected chi connectivity index (χ2v) is 5.21. The predicted molar refractivity (Wildman–Crippen MR) is 73.2 cm³/mol. The summed E-state index contributed by atoms with van der Waals surface area (Å²) in [6, 6.07) is 7.08. The Morgan fingerprint density at radius 3 is 2.32 bits per heavy atom. The van der Waals surface area contributed by atoms with Crippen LogP contribution in [0.5, 0.6) is 0 Å². The Hall–Kier alpha value is -1.60. The van der Waals surface area contributed by atoms with Gasteiger partial charge in [0.15, 0.2) is 0 Å². The summed E-state index contributed by atoms with van der Waals surface area (Å²) >= 11 is 0. The van der Waals surface area contributed by atoms with Crippen LogP contribution in [0.4, 0.5) is 4.79 Å². The maximum atomic E-state index is 11.7. The molecule has 1 rings (SSSR count). The fourth-order valence-corrected chi connectivity index (χ4v) is 2.14. The average Bonchev–Trinajstić information content (AvgIpc) is 2.42. The number of aliphatic hydroxyl groups excluding tert-OH is 1. The van der Waals surface area contributed by atoms with E-state index in [0.717, 1.165) is 20.0 Å². The largest absolute Gasteiger partial charge is 0.400 e. The van der Waals surface area contributed by atoms with Crippen LogP contribution in [0.15, 0.2) is 35.2 Å². The monoisotopic (exact) mass is 288 g/mol. The number of sulfonamides is 1. The lowest BCUT2D eigenvalue weighted by atomic mass is 10.3. The van der Waals surface area contributed by atoms with Crippen molar-refractivity contribution >= 4 is 16.1 Å². The minimum atomic E-state index is -3.76. The van der Waals surface area contributed by atoms with E-state index in [1.165, 1.54) is 12.1 Å². The van der Waals surface area contributed by atoms with Crippen molar-refractivity contribution in [2.75, 3.05) is 13.7 Å². The smallest absolute Gasteiger partial charge is 0.328 e. The topological polar surface area (TPSA) is 95.5 Å². The minimum Gasteiger partial charge on any atom is -0.400 e. The van der Waals surface area contributed by atoms with Gasteiger partial charge < -0.3 is 10.4 Å². The van der Waals surface area contributed by atoms with Crippen molar-refractivity contribution in [3.05, 3.63) is 30.3 Å². The van der Waals surface area contributed by atoms with E-state index in [1.54, 1.807) is 18.2 Å². The normalized spacial score (nSPS) is 10.1. The van der Waals surface area contributed by atoms with E-state index in [0.29, 0.717) is 6.54 Å². The lowest BCUT2D eigenvalue weighted by Crippen LogP contribution is -2.39. The van der Waals surface area contributed by atoms with E-state index in [1.807, 2.05) is 11.6 Å². The molecule has 0 atom stereocenters. The summed E-state index contributed by atoms with van der Waals surface area (Å²) in [6.45, 7) is 2.45. The molecule has 0 saturated heterocycles. The van der Waals surface area contributed by atoms with Gasteiger partial charge in [0.1, 0.15) is 0 Å². The van der Waals surface area contributed by atoms with Gasteiger partial charge in [0.05, 0.1) is 4.90 Å². The summed E-state index contributed by atoms with van der Waals surface area (Å²) in [5.41, 5.74) is 0. The molecule has 0 aromatic heterocycles. The Morgan fingerprint density at radius 1 is 1.21 bits per heavy atom. The van der Waals surface area contributed by atoms with Crippen LogP contribution in [0.3, 0.4) is 0 Å². The summed E-state index contributed by atoms with van der Waals surface area (Å²) in [6.07, 6.45) is 1.75. The summed E-state index contributed by atoms with van der Waals surface area (Å²) < 4.78 is 25.4. The van der Waals surface area contributed by atoms with Crippen LogP contribution >= 0.6 is 0 Å². The molecule has 7 heteroatoms. The molecular weight excluding hydrogens is 268 g/mol. The van der Waals surface area contributed by atoms with Crippen molar-refractivity contribution in [3.63, 3.8) is 0 Å². The van der Waals surface area contributed by atoms with Gasteiger partial charge in [-0.1, -0.05) is 31.5 Å². The Bertz CT molecular complexity index is 460. The number of amides is 2. The highest BCUT2D eigenvalue weighted by Crippen LogP contribution is 2.06. The highest BCUT2D eigenvalue weighted by Gasteiger charge is 2.16. The molecule has 0 bridgehead atoms. The molecule has 0 unspecified atom stereocenters. The molecule has 108 valence electrons. The minimum absolute atomic E-state index is 0.0747. The Balaban J connectivity index is 0.00000154. The van der Waals surface area contributed by atoms with E-state index in [4.69, 9.17) is 5.11 Å². The molecule has 0 heterocycles. The zero-order chi connectivity index (χ0) is 14.7. The van der Waals surface area contributed by atoms with Gasteiger partial charge in [-0.3, -0.25) is 0 Å². The molecule has 0 spiro atoms. The number of urea groups is 1. The third kappa shape index (κ3) is 6.78. The first kappa shape index (κ1) is 17.4. The Labute approximate surface area is 113 Å². The third-order valence-corrected chi connectivity index (χ3v) is 3.44. The van der Waals surface area contributed by atoms with Gasteiger partial charge in [-0.2, -0.15) is 0 Å². The first-order valence-corrected chi connectivity index (χ1v) is 7.35. The molecular formula is C12H20N2O4S. The maximum absolute atomic E-state index is 11.7. The van der Waals surface area contributed by atoms with Crippen LogP contribution < -0.4 is 10.0 Å². The van der Waals surface area contributed by atoms with Crippen molar-refractivity contribution in [1.29, 1.82) is 0 Å².